The smallest absolute Gasteiger partial charge is 0.339 e. The molecule has 0 aromatic carbocycles. The van der Waals surface area contributed by atoms with Crippen LogP contribution in [-0.4, -0.2) is 136 Å². The Bertz CT molecular complexity index is 1250. The second kappa shape index (κ2) is 18.4. The van der Waals surface area contributed by atoms with Gasteiger partial charge in [0, 0.05) is 55.6 Å². The standard InChI is InChI=1S/C29H40O20/c1-11(30)40-10-18(41-12(2)31)19-20(42-13(3)32)22(44-15(5)34)25(28(39-9)47-19)49-29-26(46-17(7)36)23(45-16(6)35)21(43-14(4)33)24(48-29)27(37)38-8/h18-26,28-29H,10H2,1-9H3/t18-,19+,20+,21-,22-,23-,24-,25-,26+,28-,29+/m0/s1. The van der Waals surface area contributed by atoms with Crippen LogP contribution in [0.2, 0.25) is 0 Å². The maximum absolute atomic E-state index is 12.9. The minimum absolute atomic E-state index is 0.602. The van der Waals surface area contributed by atoms with Crippen LogP contribution >= 0.6 is 0 Å². The van der Waals surface area contributed by atoms with Crippen LogP contribution in [0.5, 0.6) is 0 Å². The fourth-order valence-electron chi connectivity index (χ4n) is 5.07. The van der Waals surface area contributed by atoms with Crippen LogP contribution in [0, 0.1) is 0 Å². The number of ether oxygens (including phenoxy) is 12. The van der Waals surface area contributed by atoms with E-state index in [0.29, 0.717) is 0 Å². The second-order valence-electron chi connectivity index (χ2n) is 10.6. The summed E-state index contributed by atoms with van der Waals surface area (Å²) in [4.78, 5) is 97.8. The van der Waals surface area contributed by atoms with Gasteiger partial charge in [0.15, 0.2) is 55.1 Å². The van der Waals surface area contributed by atoms with E-state index in [1.165, 1.54) is 0 Å². The molecule has 2 fully saturated rings. The van der Waals surface area contributed by atoms with E-state index >= 15 is 0 Å². The average Bonchev–Trinajstić information content (AvgIpc) is 2.97. The first kappa shape index (κ1) is 40.8. The maximum Gasteiger partial charge on any atom is 0.339 e. The third-order valence-electron chi connectivity index (χ3n) is 6.63. The van der Waals surface area contributed by atoms with Gasteiger partial charge < -0.3 is 56.8 Å². The van der Waals surface area contributed by atoms with Crippen molar-refractivity contribution in [3.05, 3.63) is 0 Å². The summed E-state index contributed by atoms with van der Waals surface area (Å²) in [6, 6.07) is 0. The summed E-state index contributed by atoms with van der Waals surface area (Å²) in [6.07, 6.45) is -18.8. The third-order valence-corrected chi connectivity index (χ3v) is 6.63. The lowest BCUT2D eigenvalue weighted by Gasteiger charge is -2.49. The van der Waals surface area contributed by atoms with Gasteiger partial charge in [-0.1, -0.05) is 0 Å². The molecule has 0 saturated carbocycles. The first-order valence-electron chi connectivity index (χ1n) is 14.6. The predicted octanol–water partition coefficient (Wildman–Crippen LogP) is -1.21. The highest BCUT2D eigenvalue weighted by Crippen LogP contribution is 2.36. The molecule has 276 valence electrons. The summed E-state index contributed by atoms with van der Waals surface area (Å²) in [5, 5.41) is 0. The van der Waals surface area contributed by atoms with Crippen molar-refractivity contribution in [3.63, 3.8) is 0 Å². The van der Waals surface area contributed by atoms with Crippen LogP contribution in [0.4, 0.5) is 0 Å². The first-order chi connectivity index (χ1) is 22.9. The van der Waals surface area contributed by atoms with Crippen molar-refractivity contribution in [2.75, 3.05) is 20.8 Å². The lowest BCUT2D eigenvalue weighted by molar-refractivity contribution is -0.366. The minimum Gasteiger partial charge on any atom is -0.467 e. The van der Waals surface area contributed by atoms with Crippen LogP contribution in [-0.2, 0) is 95.2 Å². The molecular weight excluding hydrogens is 668 g/mol. The predicted molar refractivity (Wildman–Crippen MR) is 151 cm³/mol. The lowest BCUT2D eigenvalue weighted by atomic mass is 9.93. The number of carbonyl (C=O) groups is 8. The number of esters is 8. The van der Waals surface area contributed by atoms with E-state index in [0.717, 1.165) is 62.7 Å². The summed E-state index contributed by atoms with van der Waals surface area (Å²) in [6.45, 7) is 6.50. The molecule has 0 aromatic heterocycles. The maximum atomic E-state index is 12.9. The van der Waals surface area contributed by atoms with E-state index in [2.05, 4.69) is 0 Å². The first-order valence-corrected chi connectivity index (χ1v) is 14.6. The summed E-state index contributed by atoms with van der Waals surface area (Å²) >= 11 is 0. The monoisotopic (exact) mass is 708 g/mol. The summed E-state index contributed by atoms with van der Waals surface area (Å²) < 4.78 is 65.4. The van der Waals surface area contributed by atoms with E-state index in [1.807, 2.05) is 0 Å². The van der Waals surface area contributed by atoms with E-state index in [1.54, 1.807) is 0 Å². The zero-order chi connectivity index (χ0) is 37.2. The van der Waals surface area contributed by atoms with Gasteiger partial charge in [0.25, 0.3) is 0 Å². The van der Waals surface area contributed by atoms with Crippen molar-refractivity contribution in [1.29, 1.82) is 0 Å². The van der Waals surface area contributed by atoms with Crippen molar-refractivity contribution in [1.82, 2.24) is 0 Å². The molecule has 49 heavy (non-hydrogen) atoms. The van der Waals surface area contributed by atoms with Crippen molar-refractivity contribution in [2.24, 2.45) is 0 Å². The van der Waals surface area contributed by atoms with Gasteiger partial charge in [-0.3, -0.25) is 33.6 Å². The zero-order valence-corrected chi connectivity index (χ0v) is 28.2. The normalized spacial score (nSPS) is 30.0. The molecule has 2 aliphatic rings. The highest BCUT2D eigenvalue weighted by Gasteiger charge is 2.59. The molecule has 20 nitrogen and oxygen atoms in total. The number of hydrogen-bond donors (Lipinski definition) is 0. The molecule has 2 aliphatic heterocycles. The highest BCUT2D eigenvalue weighted by molar-refractivity contribution is 5.77. The molecule has 0 aliphatic carbocycles. The number of rotatable bonds is 13. The van der Waals surface area contributed by atoms with Crippen molar-refractivity contribution >= 4 is 47.8 Å². The Morgan fingerprint density at radius 2 is 1.00 bits per heavy atom. The van der Waals surface area contributed by atoms with E-state index in [9.17, 15) is 38.4 Å². The van der Waals surface area contributed by atoms with Crippen molar-refractivity contribution in [2.45, 2.75) is 116 Å². The fraction of sp³-hybridized carbons (Fsp3) is 0.724. The van der Waals surface area contributed by atoms with Crippen LogP contribution in [0.1, 0.15) is 48.5 Å². The topological polar surface area (TPSA) is 247 Å². The number of hydrogen-bond acceptors (Lipinski definition) is 20. The molecule has 0 radical (unpaired) electrons. The molecule has 0 N–H and O–H groups in total. The van der Waals surface area contributed by atoms with E-state index in [4.69, 9.17) is 56.8 Å². The largest absolute Gasteiger partial charge is 0.467 e. The van der Waals surface area contributed by atoms with Crippen molar-refractivity contribution < 1.29 is 95.2 Å². The van der Waals surface area contributed by atoms with Crippen molar-refractivity contribution in [3.8, 4) is 0 Å². The third kappa shape index (κ3) is 11.6. The Labute approximate surface area is 280 Å². The molecular formula is C29H40O20. The summed E-state index contributed by atoms with van der Waals surface area (Å²) in [7, 11) is 2.11. The highest BCUT2D eigenvalue weighted by atomic mass is 16.8. The van der Waals surface area contributed by atoms with Gasteiger partial charge in [-0.25, -0.2) is 4.79 Å². The quantitative estimate of drug-likeness (QED) is 0.161. The number of methoxy groups -OCH3 is 2. The Kier molecular flexibility index (Phi) is 15.3. The molecule has 0 spiro atoms. The molecule has 0 bridgehead atoms. The van der Waals surface area contributed by atoms with Gasteiger partial charge in [-0.05, 0) is 0 Å². The second-order valence-corrected chi connectivity index (χ2v) is 10.6. The molecule has 0 unspecified atom stereocenters. The van der Waals surface area contributed by atoms with Crippen LogP contribution < -0.4 is 0 Å². The van der Waals surface area contributed by atoms with Gasteiger partial charge in [0.1, 0.15) is 12.7 Å². The summed E-state index contributed by atoms with van der Waals surface area (Å²) in [5.41, 5.74) is 0. The summed E-state index contributed by atoms with van der Waals surface area (Å²) in [5.74, 6) is -7.51. The van der Waals surface area contributed by atoms with Gasteiger partial charge >= 0.3 is 47.8 Å². The van der Waals surface area contributed by atoms with Gasteiger partial charge in [-0.2, -0.15) is 0 Å². The Morgan fingerprint density at radius 1 is 0.531 bits per heavy atom. The van der Waals surface area contributed by atoms with Crippen LogP contribution in [0.3, 0.4) is 0 Å². The van der Waals surface area contributed by atoms with E-state index in [-0.39, 0.29) is 0 Å². The van der Waals surface area contributed by atoms with Gasteiger partial charge in [0.2, 0.25) is 6.29 Å². The molecule has 2 heterocycles. The Morgan fingerprint density at radius 3 is 1.45 bits per heavy atom. The molecule has 11 atom stereocenters. The molecule has 2 saturated heterocycles. The van der Waals surface area contributed by atoms with E-state index < -0.39 is 122 Å². The molecule has 0 amide bonds. The van der Waals surface area contributed by atoms with Gasteiger partial charge in [0.05, 0.1) is 7.11 Å². The lowest BCUT2D eigenvalue weighted by Crippen LogP contribution is -2.68. The molecule has 2 rings (SSSR count). The Hall–Kier alpha value is -4.40. The molecule has 20 heteroatoms. The fourth-order valence-corrected chi connectivity index (χ4v) is 5.07. The average molecular weight is 709 g/mol. The Balaban J connectivity index is 2.74. The minimum atomic E-state index is -1.94. The van der Waals surface area contributed by atoms with Crippen LogP contribution in [0.25, 0.3) is 0 Å². The van der Waals surface area contributed by atoms with Gasteiger partial charge in [-0.15, -0.1) is 0 Å². The zero-order valence-electron chi connectivity index (χ0n) is 28.2. The van der Waals surface area contributed by atoms with Crippen LogP contribution in [0.15, 0.2) is 0 Å². The SMILES string of the molecule is COC(=O)[C@H]1O[C@H](O[C@@H]2[C@@H](OC)O[C@H]([C@H](COC(C)=O)OC(C)=O)[C@@H](OC(C)=O)[C@@H]2OC(C)=O)[C@H](OC(C)=O)[C@@H](OC(C)=O)[C@@H]1OC(C)=O. The number of carbonyl (C=O) groups excluding carboxylic acids is 8. The molecule has 0 aromatic rings.